The molecular weight excluding hydrogens is 324 g/mol. The summed E-state index contributed by atoms with van der Waals surface area (Å²) in [6.07, 6.45) is 3.89. The SMILES string of the molecule is O=C(O)/C=C/C(=O)O.O=[N+]([O-])c1cncn1CCN1CCOCC1. The molecule has 0 bridgehead atoms. The summed E-state index contributed by atoms with van der Waals surface area (Å²) in [6, 6.07) is 0. The van der Waals surface area contributed by atoms with Gasteiger partial charge in [-0.05, 0) is 4.92 Å². The molecule has 0 amide bonds. The number of carbonyl (C=O) groups is 2. The van der Waals surface area contributed by atoms with Gasteiger partial charge in [-0.3, -0.25) is 4.90 Å². The van der Waals surface area contributed by atoms with Gasteiger partial charge in [-0.15, -0.1) is 0 Å². The zero-order valence-corrected chi connectivity index (χ0v) is 12.8. The number of nitrogens with zero attached hydrogens (tertiary/aromatic N) is 4. The molecule has 0 aliphatic carbocycles. The van der Waals surface area contributed by atoms with E-state index in [1.165, 1.54) is 12.5 Å². The molecule has 0 atom stereocenters. The molecule has 0 aromatic carbocycles. The van der Waals surface area contributed by atoms with Gasteiger partial charge < -0.3 is 25.1 Å². The van der Waals surface area contributed by atoms with Gasteiger partial charge in [0.2, 0.25) is 0 Å². The maximum absolute atomic E-state index is 10.6. The van der Waals surface area contributed by atoms with E-state index in [1.54, 1.807) is 4.57 Å². The Morgan fingerprint density at radius 3 is 2.33 bits per heavy atom. The van der Waals surface area contributed by atoms with Crippen molar-refractivity contribution < 1.29 is 29.5 Å². The van der Waals surface area contributed by atoms with Crippen LogP contribution in [-0.4, -0.2) is 74.4 Å². The van der Waals surface area contributed by atoms with Crippen LogP contribution in [0.3, 0.4) is 0 Å². The van der Waals surface area contributed by atoms with E-state index >= 15 is 0 Å². The molecule has 24 heavy (non-hydrogen) atoms. The van der Waals surface area contributed by atoms with Crippen molar-refractivity contribution >= 4 is 17.8 Å². The van der Waals surface area contributed by atoms with Gasteiger partial charge >= 0.3 is 17.8 Å². The number of aliphatic carboxylic acids is 2. The van der Waals surface area contributed by atoms with Crippen LogP contribution in [0, 0.1) is 10.1 Å². The van der Waals surface area contributed by atoms with Gasteiger partial charge in [0.15, 0.2) is 6.33 Å². The minimum atomic E-state index is -1.26. The molecule has 11 nitrogen and oxygen atoms in total. The number of aromatic nitrogens is 2. The van der Waals surface area contributed by atoms with E-state index in [4.69, 9.17) is 14.9 Å². The highest BCUT2D eigenvalue weighted by Gasteiger charge is 2.15. The largest absolute Gasteiger partial charge is 0.478 e. The van der Waals surface area contributed by atoms with Crippen LogP contribution in [0.25, 0.3) is 0 Å². The number of ether oxygens (including phenoxy) is 1. The highest BCUT2D eigenvalue weighted by Crippen LogP contribution is 2.09. The number of carboxylic acid groups (broad SMARTS) is 2. The molecule has 0 spiro atoms. The maximum Gasteiger partial charge on any atom is 0.342 e. The summed E-state index contributed by atoms with van der Waals surface area (Å²) in [5.41, 5.74) is 0. The molecule has 0 unspecified atom stereocenters. The average molecular weight is 342 g/mol. The summed E-state index contributed by atoms with van der Waals surface area (Å²) in [4.78, 5) is 35.4. The van der Waals surface area contributed by atoms with E-state index in [1.807, 2.05) is 0 Å². The third-order valence-corrected chi connectivity index (χ3v) is 3.01. The zero-order valence-electron chi connectivity index (χ0n) is 12.8. The predicted molar refractivity (Wildman–Crippen MR) is 80.6 cm³/mol. The van der Waals surface area contributed by atoms with Crippen molar-refractivity contribution in [1.82, 2.24) is 14.5 Å². The highest BCUT2D eigenvalue weighted by molar-refractivity contribution is 5.89. The summed E-state index contributed by atoms with van der Waals surface area (Å²) in [7, 11) is 0. The van der Waals surface area contributed by atoms with Crippen LogP contribution < -0.4 is 0 Å². The Morgan fingerprint density at radius 1 is 1.25 bits per heavy atom. The fraction of sp³-hybridized carbons (Fsp3) is 0.462. The van der Waals surface area contributed by atoms with Gasteiger partial charge in [0.1, 0.15) is 12.7 Å². The number of nitro groups is 1. The number of rotatable bonds is 6. The molecule has 2 rings (SSSR count). The predicted octanol–water partition coefficient (Wildman–Crippen LogP) is -0.165. The molecule has 1 aromatic rings. The molecule has 11 heteroatoms. The maximum atomic E-state index is 10.6. The molecule has 1 aliphatic rings. The van der Waals surface area contributed by atoms with E-state index in [0.29, 0.717) is 18.7 Å². The molecule has 1 aliphatic heterocycles. The van der Waals surface area contributed by atoms with Gasteiger partial charge in [-0.2, -0.15) is 0 Å². The zero-order chi connectivity index (χ0) is 17.9. The molecule has 0 saturated carbocycles. The van der Waals surface area contributed by atoms with E-state index in [9.17, 15) is 19.7 Å². The van der Waals surface area contributed by atoms with Crippen LogP contribution in [0.1, 0.15) is 0 Å². The van der Waals surface area contributed by atoms with Gasteiger partial charge in [0.25, 0.3) is 0 Å². The summed E-state index contributed by atoms with van der Waals surface area (Å²) in [6.45, 7) is 4.65. The monoisotopic (exact) mass is 342 g/mol. The Bertz CT molecular complexity index is 577. The first-order valence-corrected chi connectivity index (χ1v) is 6.98. The lowest BCUT2D eigenvalue weighted by Gasteiger charge is -2.25. The van der Waals surface area contributed by atoms with Crippen molar-refractivity contribution in [2.75, 3.05) is 32.8 Å². The molecule has 2 heterocycles. The Kier molecular flexibility index (Phi) is 8.08. The normalized spacial score (nSPS) is 14.8. The summed E-state index contributed by atoms with van der Waals surface area (Å²) >= 11 is 0. The summed E-state index contributed by atoms with van der Waals surface area (Å²) in [5, 5.41) is 26.3. The Hall–Kier alpha value is -2.79. The van der Waals surface area contributed by atoms with Crippen molar-refractivity contribution in [3.05, 3.63) is 34.8 Å². The Labute approximate surface area is 136 Å². The van der Waals surface area contributed by atoms with Crippen LogP contribution in [0.2, 0.25) is 0 Å². The fourth-order valence-electron chi connectivity index (χ4n) is 1.85. The number of imidazole rings is 1. The Balaban J connectivity index is 0.000000307. The lowest BCUT2D eigenvalue weighted by atomic mass is 10.4. The van der Waals surface area contributed by atoms with Crippen LogP contribution in [0.5, 0.6) is 0 Å². The minimum Gasteiger partial charge on any atom is -0.478 e. The average Bonchev–Trinajstić information content (AvgIpc) is 3.01. The van der Waals surface area contributed by atoms with Crippen LogP contribution in [0.15, 0.2) is 24.7 Å². The number of hydrogen-bond donors (Lipinski definition) is 2. The van der Waals surface area contributed by atoms with Crippen molar-refractivity contribution in [3.8, 4) is 0 Å². The van der Waals surface area contributed by atoms with E-state index in [2.05, 4.69) is 9.88 Å². The smallest absolute Gasteiger partial charge is 0.342 e. The van der Waals surface area contributed by atoms with Gasteiger partial charge in [-0.25, -0.2) is 19.1 Å². The molecule has 1 saturated heterocycles. The summed E-state index contributed by atoms with van der Waals surface area (Å²) < 4.78 is 6.79. The van der Waals surface area contributed by atoms with Crippen LogP contribution in [-0.2, 0) is 20.9 Å². The molecule has 1 fully saturated rings. The second-order valence-corrected chi connectivity index (χ2v) is 4.67. The molecule has 2 N–H and O–H groups in total. The third-order valence-electron chi connectivity index (χ3n) is 3.01. The molecule has 132 valence electrons. The lowest BCUT2D eigenvalue weighted by Crippen LogP contribution is -2.38. The van der Waals surface area contributed by atoms with Gasteiger partial charge in [0.05, 0.1) is 13.2 Å². The van der Waals surface area contributed by atoms with Gasteiger partial charge in [-0.1, -0.05) is 0 Å². The summed E-state index contributed by atoms with van der Waals surface area (Å²) in [5.74, 6) is -2.46. The number of morpholine rings is 1. The molecular formula is C13H18N4O7. The van der Waals surface area contributed by atoms with E-state index in [0.717, 1.165) is 32.8 Å². The lowest BCUT2D eigenvalue weighted by molar-refractivity contribution is -0.392. The van der Waals surface area contributed by atoms with Crippen LogP contribution in [0.4, 0.5) is 5.82 Å². The second-order valence-electron chi connectivity index (χ2n) is 4.67. The van der Waals surface area contributed by atoms with E-state index < -0.39 is 16.9 Å². The first-order chi connectivity index (χ1) is 11.4. The Morgan fingerprint density at radius 2 is 1.83 bits per heavy atom. The topological polar surface area (TPSA) is 148 Å². The highest BCUT2D eigenvalue weighted by atomic mass is 16.6. The standard InChI is InChI=1S/C9H14N4O3.C4H4O4/c14-13(15)9-7-10-8-12(9)2-1-11-3-5-16-6-4-11;5-3(6)1-2-4(7)8/h7-8H,1-6H2;1-2H,(H,5,6)(H,7,8)/b;2-1+. The minimum absolute atomic E-state index is 0.0493. The first kappa shape index (κ1) is 19.3. The fourth-order valence-corrected chi connectivity index (χ4v) is 1.85. The quantitative estimate of drug-likeness (QED) is 0.408. The van der Waals surface area contributed by atoms with Crippen molar-refractivity contribution in [2.24, 2.45) is 0 Å². The van der Waals surface area contributed by atoms with Crippen molar-refractivity contribution in [3.63, 3.8) is 0 Å². The molecule has 1 aromatic heterocycles. The van der Waals surface area contributed by atoms with Gasteiger partial charge in [0, 0.05) is 31.8 Å². The first-order valence-electron chi connectivity index (χ1n) is 6.98. The van der Waals surface area contributed by atoms with Crippen LogP contribution >= 0.6 is 0 Å². The second kappa shape index (κ2) is 10.1. The third kappa shape index (κ3) is 7.47. The number of carboxylic acids is 2. The number of hydrogen-bond acceptors (Lipinski definition) is 7. The van der Waals surface area contributed by atoms with Crippen molar-refractivity contribution in [2.45, 2.75) is 6.54 Å². The molecule has 0 radical (unpaired) electrons. The van der Waals surface area contributed by atoms with Crippen molar-refractivity contribution in [1.29, 1.82) is 0 Å². The van der Waals surface area contributed by atoms with E-state index in [-0.39, 0.29) is 5.82 Å².